The van der Waals surface area contributed by atoms with Crippen molar-refractivity contribution in [3.63, 3.8) is 0 Å². The number of hydrogen-bond acceptors (Lipinski definition) is 4. The van der Waals surface area contributed by atoms with Gasteiger partial charge in [0.05, 0.1) is 12.7 Å². The lowest BCUT2D eigenvalue weighted by Gasteiger charge is -2.21. The maximum absolute atomic E-state index is 12.5. The number of hydrogen-bond donors (Lipinski definition) is 1. The van der Waals surface area contributed by atoms with Gasteiger partial charge in [-0.15, -0.1) is 0 Å². The number of alkyl halides is 3. The van der Waals surface area contributed by atoms with Crippen LogP contribution in [0.2, 0.25) is 0 Å². The van der Waals surface area contributed by atoms with Crippen molar-refractivity contribution in [1.29, 1.82) is 0 Å². The molecule has 1 aliphatic heterocycles. The second kappa shape index (κ2) is 5.86. The zero-order valence-electron chi connectivity index (χ0n) is 11.9. The molecule has 0 bridgehead atoms. The van der Waals surface area contributed by atoms with Crippen molar-refractivity contribution < 1.29 is 27.5 Å². The Morgan fingerprint density at radius 1 is 1.23 bits per heavy atom. The van der Waals surface area contributed by atoms with Gasteiger partial charge in [-0.1, -0.05) is 0 Å². The second-order valence-electron chi connectivity index (χ2n) is 4.98. The number of nitrogens with zero attached hydrogens (tertiary/aromatic N) is 1. The predicted molar refractivity (Wildman–Crippen MR) is 72.2 cm³/mol. The Bertz CT molecular complexity index is 614. The van der Waals surface area contributed by atoms with Gasteiger partial charge in [-0.2, -0.15) is 13.2 Å². The summed E-state index contributed by atoms with van der Waals surface area (Å²) in [5, 5.41) is 0. The topological polar surface area (TPSA) is 72.6 Å². The zero-order chi connectivity index (χ0) is 16.5. The van der Waals surface area contributed by atoms with Gasteiger partial charge in [0, 0.05) is 18.8 Å². The molecule has 1 aliphatic rings. The molecule has 0 radical (unpaired) electrons. The number of rotatable bonds is 1. The van der Waals surface area contributed by atoms with Crippen LogP contribution in [-0.2, 0) is 22.4 Å². The minimum Gasteiger partial charge on any atom is -0.465 e. The summed E-state index contributed by atoms with van der Waals surface area (Å²) in [5.41, 5.74) is 7.78. The fraction of sp³-hybridized carbons (Fsp3) is 0.429. The van der Waals surface area contributed by atoms with Crippen LogP contribution < -0.4 is 5.73 Å². The molecule has 1 amide bonds. The quantitative estimate of drug-likeness (QED) is 0.630. The van der Waals surface area contributed by atoms with Gasteiger partial charge in [-0.25, -0.2) is 4.79 Å². The summed E-state index contributed by atoms with van der Waals surface area (Å²) >= 11 is 0. The standard InChI is InChI=1S/C14H15F3N2O3/c1-22-12(20)9-6-8-2-4-19(13(21)14(15,16)17)5-3-10(8)11(18)7-9/h6-7H,2-5,18H2,1H3. The van der Waals surface area contributed by atoms with Crippen molar-refractivity contribution in [2.24, 2.45) is 0 Å². The van der Waals surface area contributed by atoms with Gasteiger partial charge >= 0.3 is 18.1 Å². The first kappa shape index (κ1) is 16.1. The third kappa shape index (κ3) is 3.15. The maximum Gasteiger partial charge on any atom is 0.471 e. The minimum absolute atomic E-state index is 0.0624. The van der Waals surface area contributed by atoms with Crippen LogP contribution in [0.3, 0.4) is 0 Å². The van der Waals surface area contributed by atoms with Crippen molar-refractivity contribution in [3.8, 4) is 0 Å². The summed E-state index contributed by atoms with van der Waals surface area (Å²) in [4.78, 5) is 23.6. The highest BCUT2D eigenvalue weighted by Gasteiger charge is 2.42. The highest BCUT2D eigenvalue weighted by Crippen LogP contribution is 2.26. The second-order valence-corrected chi connectivity index (χ2v) is 4.98. The van der Waals surface area contributed by atoms with E-state index in [4.69, 9.17) is 5.73 Å². The molecule has 0 aromatic heterocycles. The molecule has 8 heteroatoms. The van der Waals surface area contributed by atoms with E-state index in [1.54, 1.807) is 6.07 Å². The Labute approximate surface area is 124 Å². The van der Waals surface area contributed by atoms with Crippen LogP contribution in [0.5, 0.6) is 0 Å². The number of nitrogens with two attached hydrogens (primary N) is 1. The summed E-state index contributed by atoms with van der Waals surface area (Å²) in [7, 11) is 1.23. The lowest BCUT2D eigenvalue weighted by molar-refractivity contribution is -0.185. The number of carbonyl (C=O) groups is 2. The predicted octanol–water partition coefficient (Wildman–Crippen LogP) is 1.54. The molecule has 1 heterocycles. The van der Waals surface area contributed by atoms with E-state index in [9.17, 15) is 22.8 Å². The van der Waals surface area contributed by atoms with Crippen molar-refractivity contribution in [3.05, 3.63) is 28.8 Å². The molecule has 2 N–H and O–H groups in total. The number of nitrogen functional groups attached to an aromatic ring is 1. The molecule has 0 atom stereocenters. The normalized spacial score (nSPS) is 15.0. The van der Waals surface area contributed by atoms with Gasteiger partial charge in [0.15, 0.2) is 0 Å². The lowest BCUT2D eigenvalue weighted by atomic mass is 9.98. The number of ether oxygens (including phenoxy) is 1. The van der Waals surface area contributed by atoms with Gasteiger partial charge < -0.3 is 15.4 Å². The fourth-order valence-corrected chi connectivity index (χ4v) is 2.52. The first-order valence-corrected chi connectivity index (χ1v) is 6.59. The van der Waals surface area contributed by atoms with Gasteiger partial charge in [0.2, 0.25) is 0 Å². The molecule has 1 aromatic rings. The van der Waals surface area contributed by atoms with Crippen molar-refractivity contribution in [1.82, 2.24) is 4.90 Å². The highest BCUT2D eigenvalue weighted by atomic mass is 19.4. The molecule has 1 aromatic carbocycles. The molecule has 0 saturated heterocycles. The first-order valence-electron chi connectivity index (χ1n) is 6.59. The number of esters is 1. The highest BCUT2D eigenvalue weighted by molar-refractivity contribution is 5.91. The monoisotopic (exact) mass is 316 g/mol. The summed E-state index contributed by atoms with van der Waals surface area (Å²) in [5.74, 6) is -2.42. The SMILES string of the molecule is COC(=O)c1cc(N)c2c(c1)CCN(C(=O)C(F)(F)F)CC2. The number of amides is 1. The maximum atomic E-state index is 12.5. The van der Waals surface area contributed by atoms with Crippen molar-refractivity contribution >= 4 is 17.6 Å². The third-order valence-corrected chi connectivity index (χ3v) is 3.61. The molecule has 2 rings (SSSR count). The molecule has 0 saturated carbocycles. The van der Waals surface area contributed by atoms with Crippen molar-refractivity contribution in [2.45, 2.75) is 19.0 Å². The summed E-state index contributed by atoms with van der Waals surface area (Å²) in [6.45, 7) is -0.136. The number of fused-ring (bicyclic) bond motifs is 1. The van der Waals surface area contributed by atoms with E-state index in [0.29, 0.717) is 16.8 Å². The van der Waals surface area contributed by atoms with E-state index in [1.807, 2.05) is 0 Å². The van der Waals surface area contributed by atoms with Crippen LogP contribution in [0.25, 0.3) is 0 Å². The molecule has 120 valence electrons. The Morgan fingerprint density at radius 3 is 2.45 bits per heavy atom. The Hall–Kier alpha value is -2.25. The van der Waals surface area contributed by atoms with Crippen LogP contribution in [0, 0.1) is 0 Å². The molecule has 22 heavy (non-hydrogen) atoms. The Morgan fingerprint density at radius 2 is 1.86 bits per heavy atom. The Kier molecular flexibility index (Phi) is 4.30. The van der Waals surface area contributed by atoms with Gasteiger partial charge in [-0.3, -0.25) is 4.79 Å². The number of benzene rings is 1. The summed E-state index contributed by atoms with van der Waals surface area (Å²) in [6, 6.07) is 2.99. The summed E-state index contributed by atoms with van der Waals surface area (Å²) < 4.78 is 42.1. The summed E-state index contributed by atoms with van der Waals surface area (Å²) in [6.07, 6.45) is -4.48. The molecule has 0 aliphatic carbocycles. The smallest absolute Gasteiger partial charge is 0.465 e. The van der Waals surface area contributed by atoms with E-state index in [1.165, 1.54) is 13.2 Å². The van der Waals surface area contributed by atoms with Gasteiger partial charge in [0.1, 0.15) is 0 Å². The molecular formula is C14H15F3N2O3. The molecule has 0 unspecified atom stereocenters. The van der Waals surface area contributed by atoms with Crippen LogP contribution in [-0.4, -0.2) is 43.2 Å². The van der Waals surface area contributed by atoms with Crippen molar-refractivity contribution in [2.75, 3.05) is 25.9 Å². The average Bonchev–Trinajstić information content (AvgIpc) is 2.67. The third-order valence-electron chi connectivity index (χ3n) is 3.61. The van der Waals surface area contributed by atoms with Crippen LogP contribution in [0.4, 0.5) is 18.9 Å². The minimum atomic E-state index is -4.89. The Balaban J connectivity index is 2.27. The zero-order valence-corrected chi connectivity index (χ0v) is 11.9. The van der Waals surface area contributed by atoms with E-state index in [-0.39, 0.29) is 31.5 Å². The molecule has 0 spiro atoms. The van der Waals surface area contributed by atoms with E-state index in [0.717, 1.165) is 4.90 Å². The van der Waals surface area contributed by atoms with Crippen LogP contribution >= 0.6 is 0 Å². The number of methoxy groups -OCH3 is 1. The fourth-order valence-electron chi connectivity index (χ4n) is 2.52. The number of carbonyl (C=O) groups excluding carboxylic acids is 2. The van der Waals surface area contributed by atoms with Gasteiger partial charge in [0.25, 0.3) is 0 Å². The lowest BCUT2D eigenvalue weighted by Crippen LogP contribution is -2.42. The van der Waals surface area contributed by atoms with E-state index < -0.39 is 18.1 Å². The number of anilines is 1. The largest absolute Gasteiger partial charge is 0.471 e. The average molecular weight is 316 g/mol. The van der Waals surface area contributed by atoms with E-state index in [2.05, 4.69) is 4.74 Å². The first-order chi connectivity index (χ1) is 10.2. The van der Waals surface area contributed by atoms with Crippen LogP contribution in [0.15, 0.2) is 12.1 Å². The van der Waals surface area contributed by atoms with Gasteiger partial charge in [-0.05, 0) is 36.1 Å². The number of halogens is 3. The van der Waals surface area contributed by atoms with E-state index >= 15 is 0 Å². The molecular weight excluding hydrogens is 301 g/mol. The van der Waals surface area contributed by atoms with Crippen LogP contribution in [0.1, 0.15) is 21.5 Å². The molecule has 5 nitrogen and oxygen atoms in total. The molecule has 0 fully saturated rings.